The third-order valence-corrected chi connectivity index (χ3v) is 3.39. The molecule has 0 radical (unpaired) electrons. The molecule has 1 aliphatic heterocycles. The average Bonchev–Trinajstić information content (AvgIpc) is 2.86. The molecule has 2 rings (SSSR count). The summed E-state index contributed by atoms with van der Waals surface area (Å²) in [6.07, 6.45) is 1.95. The van der Waals surface area contributed by atoms with Gasteiger partial charge in [0, 0.05) is 26.1 Å². The standard InChI is InChI=1S/C13H21N3O3/c1-3-12(17)14-8-11(13-10(2)15-9-19-13)16-4-6-18-7-5-16/h9,11H,3-8H2,1-2H3,(H,14,17). The second-order valence-corrected chi connectivity index (χ2v) is 4.62. The van der Waals surface area contributed by atoms with Gasteiger partial charge in [-0.3, -0.25) is 9.69 Å². The number of aryl methyl sites for hydroxylation is 1. The van der Waals surface area contributed by atoms with Gasteiger partial charge in [-0.2, -0.15) is 0 Å². The first-order valence-corrected chi connectivity index (χ1v) is 6.70. The van der Waals surface area contributed by atoms with Crippen LogP contribution in [0.3, 0.4) is 0 Å². The lowest BCUT2D eigenvalue weighted by atomic mass is 10.1. The molecule has 1 saturated heterocycles. The summed E-state index contributed by atoms with van der Waals surface area (Å²) in [5.41, 5.74) is 0.877. The van der Waals surface area contributed by atoms with Crippen LogP contribution in [0.2, 0.25) is 0 Å². The molecule has 1 aromatic rings. The molecule has 19 heavy (non-hydrogen) atoms. The first-order valence-electron chi connectivity index (χ1n) is 6.70. The van der Waals surface area contributed by atoms with Gasteiger partial charge in [0.1, 0.15) is 5.76 Å². The summed E-state index contributed by atoms with van der Waals surface area (Å²) >= 11 is 0. The minimum absolute atomic E-state index is 0.0295. The van der Waals surface area contributed by atoms with Crippen LogP contribution in [-0.2, 0) is 9.53 Å². The number of carbonyl (C=O) groups excluding carboxylic acids is 1. The quantitative estimate of drug-likeness (QED) is 0.858. The van der Waals surface area contributed by atoms with Gasteiger partial charge in [0.25, 0.3) is 0 Å². The van der Waals surface area contributed by atoms with E-state index in [4.69, 9.17) is 9.15 Å². The molecule has 1 aromatic heterocycles. The fraction of sp³-hybridized carbons (Fsp3) is 0.692. The van der Waals surface area contributed by atoms with Gasteiger partial charge in [0.15, 0.2) is 6.39 Å². The number of hydrogen-bond donors (Lipinski definition) is 1. The second kappa shape index (κ2) is 6.68. The number of oxazole rings is 1. The molecule has 6 nitrogen and oxygen atoms in total. The van der Waals surface area contributed by atoms with Gasteiger partial charge in [-0.25, -0.2) is 4.98 Å². The van der Waals surface area contributed by atoms with Crippen molar-refractivity contribution in [2.24, 2.45) is 0 Å². The van der Waals surface area contributed by atoms with Crippen molar-refractivity contribution in [2.45, 2.75) is 26.3 Å². The van der Waals surface area contributed by atoms with E-state index in [1.807, 2.05) is 13.8 Å². The Kier molecular flexibility index (Phi) is 4.93. The van der Waals surface area contributed by atoms with E-state index < -0.39 is 0 Å². The summed E-state index contributed by atoms with van der Waals surface area (Å²) in [6, 6.07) is 0.0295. The molecule has 1 fully saturated rings. The Morgan fingerprint density at radius 3 is 2.84 bits per heavy atom. The Balaban J connectivity index is 2.08. The topological polar surface area (TPSA) is 67.6 Å². The molecule has 0 aliphatic carbocycles. The van der Waals surface area contributed by atoms with Gasteiger partial charge < -0.3 is 14.5 Å². The van der Waals surface area contributed by atoms with Crippen molar-refractivity contribution in [3.63, 3.8) is 0 Å². The number of nitrogens with zero attached hydrogens (tertiary/aromatic N) is 2. The lowest BCUT2D eigenvalue weighted by Crippen LogP contribution is -2.43. The SMILES string of the molecule is CCC(=O)NCC(c1ocnc1C)N1CCOCC1. The highest BCUT2D eigenvalue weighted by Crippen LogP contribution is 2.23. The summed E-state index contributed by atoms with van der Waals surface area (Å²) in [5.74, 6) is 0.883. The first kappa shape index (κ1) is 14.0. The molecule has 0 bridgehead atoms. The lowest BCUT2D eigenvalue weighted by Gasteiger charge is -2.33. The van der Waals surface area contributed by atoms with Crippen LogP contribution in [0, 0.1) is 6.92 Å². The molecule has 6 heteroatoms. The summed E-state index contributed by atoms with van der Waals surface area (Å²) in [5, 5.41) is 2.94. The number of hydrogen-bond acceptors (Lipinski definition) is 5. The molecule has 0 spiro atoms. The Hall–Kier alpha value is -1.40. The predicted molar refractivity (Wildman–Crippen MR) is 69.7 cm³/mol. The van der Waals surface area contributed by atoms with E-state index in [2.05, 4.69) is 15.2 Å². The molecule has 0 saturated carbocycles. The average molecular weight is 267 g/mol. The lowest BCUT2D eigenvalue weighted by molar-refractivity contribution is -0.121. The van der Waals surface area contributed by atoms with Crippen LogP contribution < -0.4 is 5.32 Å². The zero-order valence-corrected chi connectivity index (χ0v) is 11.5. The number of morpholine rings is 1. The van der Waals surface area contributed by atoms with Crippen molar-refractivity contribution < 1.29 is 13.9 Å². The molecule has 1 aliphatic rings. The Labute approximate surface area is 113 Å². The molecular formula is C13H21N3O3. The highest BCUT2D eigenvalue weighted by Gasteiger charge is 2.27. The van der Waals surface area contributed by atoms with E-state index in [9.17, 15) is 4.79 Å². The number of ether oxygens (including phenoxy) is 1. The van der Waals surface area contributed by atoms with Crippen LogP contribution in [0.1, 0.15) is 30.8 Å². The largest absolute Gasteiger partial charge is 0.446 e. The molecule has 0 aromatic carbocycles. The first-order chi connectivity index (χ1) is 9.22. The van der Waals surface area contributed by atoms with Gasteiger partial charge in [-0.05, 0) is 6.92 Å². The van der Waals surface area contributed by atoms with E-state index in [-0.39, 0.29) is 11.9 Å². The smallest absolute Gasteiger partial charge is 0.219 e. The normalized spacial score (nSPS) is 18.2. The van der Waals surface area contributed by atoms with Crippen molar-refractivity contribution in [3.8, 4) is 0 Å². The van der Waals surface area contributed by atoms with E-state index in [0.29, 0.717) is 26.2 Å². The highest BCUT2D eigenvalue weighted by atomic mass is 16.5. The van der Waals surface area contributed by atoms with Crippen LogP contribution in [0.5, 0.6) is 0 Å². The number of amides is 1. The maximum atomic E-state index is 11.5. The number of rotatable bonds is 5. The maximum absolute atomic E-state index is 11.5. The number of carbonyl (C=O) groups is 1. The molecule has 106 valence electrons. The Bertz CT molecular complexity index is 413. The minimum atomic E-state index is 0.0295. The zero-order valence-electron chi connectivity index (χ0n) is 11.5. The second-order valence-electron chi connectivity index (χ2n) is 4.62. The Morgan fingerprint density at radius 2 is 2.26 bits per heavy atom. The molecule has 2 heterocycles. The predicted octanol–water partition coefficient (Wildman–Crippen LogP) is 0.883. The molecule has 1 N–H and O–H groups in total. The summed E-state index contributed by atoms with van der Waals surface area (Å²) < 4.78 is 10.9. The summed E-state index contributed by atoms with van der Waals surface area (Å²) in [4.78, 5) is 17.9. The third-order valence-electron chi connectivity index (χ3n) is 3.39. The fourth-order valence-corrected chi connectivity index (χ4v) is 2.24. The van der Waals surface area contributed by atoms with Gasteiger partial charge >= 0.3 is 0 Å². The van der Waals surface area contributed by atoms with E-state index in [1.165, 1.54) is 6.39 Å². The van der Waals surface area contributed by atoms with Crippen LogP contribution in [0.15, 0.2) is 10.8 Å². The third kappa shape index (κ3) is 3.54. The van der Waals surface area contributed by atoms with E-state index in [0.717, 1.165) is 24.5 Å². The van der Waals surface area contributed by atoms with Crippen LogP contribution >= 0.6 is 0 Å². The van der Waals surface area contributed by atoms with Crippen molar-refractivity contribution in [1.82, 2.24) is 15.2 Å². The van der Waals surface area contributed by atoms with Crippen LogP contribution in [-0.4, -0.2) is 48.6 Å². The van der Waals surface area contributed by atoms with Crippen molar-refractivity contribution in [3.05, 3.63) is 17.8 Å². The molecular weight excluding hydrogens is 246 g/mol. The fourth-order valence-electron chi connectivity index (χ4n) is 2.24. The van der Waals surface area contributed by atoms with Crippen LogP contribution in [0.4, 0.5) is 0 Å². The summed E-state index contributed by atoms with van der Waals surface area (Å²) in [7, 11) is 0. The number of aromatic nitrogens is 1. The maximum Gasteiger partial charge on any atom is 0.219 e. The minimum Gasteiger partial charge on any atom is -0.446 e. The zero-order chi connectivity index (χ0) is 13.7. The van der Waals surface area contributed by atoms with Crippen LogP contribution in [0.25, 0.3) is 0 Å². The van der Waals surface area contributed by atoms with Gasteiger partial charge in [-0.1, -0.05) is 6.92 Å². The molecule has 1 unspecified atom stereocenters. The van der Waals surface area contributed by atoms with Gasteiger partial charge in [-0.15, -0.1) is 0 Å². The van der Waals surface area contributed by atoms with Crippen molar-refractivity contribution >= 4 is 5.91 Å². The highest BCUT2D eigenvalue weighted by molar-refractivity contribution is 5.75. The molecule has 1 amide bonds. The Morgan fingerprint density at radius 1 is 1.53 bits per heavy atom. The monoisotopic (exact) mass is 267 g/mol. The van der Waals surface area contributed by atoms with Crippen molar-refractivity contribution in [2.75, 3.05) is 32.8 Å². The van der Waals surface area contributed by atoms with Crippen molar-refractivity contribution in [1.29, 1.82) is 0 Å². The van der Waals surface area contributed by atoms with Gasteiger partial charge in [0.2, 0.25) is 5.91 Å². The molecule has 1 atom stereocenters. The summed E-state index contributed by atoms with van der Waals surface area (Å²) in [6.45, 7) is 7.42. The number of nitrogens with one attached hydrogen (secondary N) is 1. The van der Waals surface area contributed by atoms with Gasteiger partial charge in [0.05, 0.1) is 24.9 Å². The van der Waals surface area contributed by atoms with E-state index >= 15 is 0 Å². The van der Waals surface area contributed by atoms with E-state index in [1.54, 1.807) is 0 Å².